The monoisotopic (exact) mass is 490 g/mol. The van der Waals surface area contributed by atoms with Gasteiger partial charge in [-0.3, -0.25) is 4.79 Å². The molecule has 1 aromatic carbocycles. The molecule has 1 aliphatic heterocycles. The molecule has 0 radical (unpaired) electrons. The van der Waals surface area contributed by atoms with E-state index in [1.165, 1.54) is 0 Å². The van der Waals surface area contributed by atoms with Crippen LogP contribution in [-0.2, 0) is 15.8 Å². The number of anilines is 1. The second kappa shape index (κ2) is 9.97. The molecule has 1 aromatic heterocycles. The van der Waals surface area contributed by atoms with E-state index in [0.29, 0.717) is 22.1 Å². The number of nitrogen functional groups attached to an aromatic ring is 1. The van der Waals surface area contributed by atoms with E-state index in [0.717, 1.165) is 30.5 Å². The van der Waals surface area contributed by atoms with Crippen LogP contribution >= 0.6 is 0 Å². The summed E-state index contributed by atoms with van der Waals surface area (Å²) in [4.78, 5) is 18.9. The van der Waals surface area contributed by atoms with Gasteiger partial charge in [0, 0.05) is 13.6 Å². The number of carbonyl (C=O) groups excluding carboxylic acids is 1. The number of alkyl halides is 1. The minimum absolute atomic E-state index is 0.0356. The van der Waals surface area contributed by atoms with Crippen molar-refractivity contribution < 1.29 is 13.6 Å². The molecule has 2 atom stereocenters. The zero-order chi connectivity index (χ0) is 25.4. The third-order valence-electron chi connectivity index (χ3n) is 7.68. The number of likely N-dealkylation sites (tertiary alicyclic amines) is 1. The predicted molar refractivity (Wildman–Crippen MR) is 140 cm³/mol. The van der Waals surface area contributed by atoms with Crippen LogP contribution in [0.4, 0.5) is 10.3 Å². The number of hydrogen-bond acceptors (Lipinski definition) is 4. The van der Waals surface area contributed by atoms with Gasteiger partial charge >= 0.3 is 0 Å². The molecule has 2 heterocycles. The van der Waals surface area contributed by atoms with E-state index in [9.17, 15) is 4.79 Å². The van der Waals surface area contributed by atoms with Crippen molar-refractivity contribution in [1.29, 1.82) is 0 Å². The Bertz CT molecular complexity index is 996. The number of fused-ring (bicyclic) bond motifs is 1. The Morgan fingerprint density at radius 2 is 1.82 bits per heavy atom. The van der Waals surface area contributed by atoms with Gasteiger partial charge in [0.15, 0.2) is 8.32 Å². The highest BCUT2D eigenvalue weighted by molar-refractivity contribution is 6.77. The van der Waals surface area contributed by atoms with Crippen LogP contribution in [0.15, 0.2) is 18.2 Å². The topological polar surface area (TPSA) is 73.4 Å². The molecule has 34 heavy (non-hydrogen) atoms. The summed E-state index contributed by atoms with van der Waals surface area (Å²) in [5.74, 6) is 0.262. The van der Waals surface area contributed by atoms with Crippen LogP contribution in [0.1, 0.15) is 72.8 Å². The number of imidazole rings is 1. The number of rotatable bonds is 9. The average molecular weight is 491 g/mol. The quantitative estimate of drug-likeness (QED) is 0.446. The van der Waals surface area contributed by atoms with Crippen molar-refractivity contribution >= 4 is 31.2 Å². The van der Waals surface area contributed by atoms with Gasteiger partial charge in [0.2, 0.25) is 11.9 Å². The third-order valence-corrected chi connectivity index (χ3v) is 13.7. The highest BCUT2D eigenvalue weighted by Crippen LogP contribution is 2.43. The van der Waals surface area contributed by atoms with E-state index in [4.69, 9.17) is 10.2 Å². The van der Waals surface area contributed by atoms with Gasteiger partial charge in [-0.2, -0.15) is 0 Å². The molecule has 6 nitrogen and oxygen atoms in total. The maximum atomic E-state index is 15.9. The Labute approximate surface area is 205 Å². The standard InChI is InChI=1S/C26H43FN4O2Si/c1-17(2)34(18(3)4,19(5)6)33-16-26(7,27)15-31-23-12-11-20(14-22(23)29-25(31)28)21-10-9-13-30(8)24(21)32/h11-12,14,17-19,21H,9-10,13,15-16H2,1-8H3,(H2,28,29). The summed E-state index contributed by atoms with van der Waals surface area (Å²) < 4.78 is 24.2. The molecular weight excluding hydrogens is 447 g/mol. The van der Waals surface area contributed by atoms with Crippen molar-refractivity contribution in [1.82, 2.24) is 14.5 Å². The third kappa shape index (κ3) is 5.03. The van der Waals surface area contributed by atoms with Gasteiger partial charge in [-0.05, 0) is 54.1 Å². The van der Waals surface area contributed by atoms with E-state index < -0.39 is 14.0 Å². The Kier molecular flexibility index (Phi) is 7.82. The molecule has 0 aliphatic carbocycles. The molecule has 0 bridgehead atoms. The lowest BCUT2D eigenvalue weighted by atomic mass is 9.90. The molecule has 0 spiro atoms. The SMILES string of the molecule is CC(C)[Si](OCC(C)(F)Cn1c(N)nc2cc(C3CCCN(C)C3=O)ccc21)(C(C)C)C(C)C. The predicted octanol–water partition coefficient (Wildman–Crippen LogP) is 5.87. The van der Waals surface area contributed by atoms with Crippen molar-refractivity contribution in [3.63, 3.8) is 0 Å². The number of aromatic nitrogens is 2. The first-order valence-corrected chi connectivity index (χ1v) is 14.8. The fourth-order valence-corrected chi connectivity index (χ4v) is 11.6. The maximum absolute atomic E-state index is 15.9. The highest BCUT2D eigenvalue weighted by Gasteiger charge is 2.46. The van der Waals surface area contributed by atoms with Crippen LogP contribution in [0.25, 0.3) is 11.0 Å². The van der Waals surface area contributed by atoms with Gasteiger partial charge in [0.05, 0.1) is 30.1 Å². The van der Waals surface area contributed by atoms with Crippen molar-refractivity contribution in [3.05, 3.63) is 23.8 Å². The number of hydrogen-bond donors (Lipinski definition) is 1. The first-order chi connectivity index (χ1) is 15.8. The van der Waals surface area contributed by atoms with E-state index in [1.54, 1.807) is 16.4 Å². The van der Waals surface area contributed by atoms with Gasteiger partial charge in [-0.15, -0.1) is 0 Å². The molecule has 2 aromatic rings. The largest absolute Gasteiger partial charge is 0.413 e. The maximum Gasteiger partial charge on any atom is 0.229 e. The first-order valence-electron chi connectivity index (χ1n) is 12.6. The second-order valence-electron chi connectivity index (χ2n) is 11.3. The fourth-order valence-electron chi connectivity index (χ4n) is 6.04. The van der Waals surface area contributed by atoms with E-state index >= 15 is 4.39 Å². The fraction of sp³-hybridized carbons (Fsp3) is 0.692. The van der Waals surface area contributed by atoms with Crippen molar-refractivity contribution in [2.24, 2.45) is 0 Å². The van der Waals surface area contributed by atoms with Crippen molar-refractivity contribution in [2.75, 3.05) is 25.9 Å². The molecule has 1 fully saturated rings. The minimum Gasteiger partial charge on any atom is -0.413 e. The molecular formula is C26H43FN4O2Si. The number of amides is 1. The summed E-state index contributed by atoms with van der Waals surface area (Å²) in [5.41, 5.74) is 8.24. The molecule has 2 unspecified atom stereocenters. The molecule has 1 aliphatic rings. The number of benzene rings is 1. The molecule has 8 heteroatoms. The number of likely N-dealkylation sites (N-methyl/N-ethyl adjacent to an activating group) is 1. The van der Waals surface area contributed by atoms with Gasteiger partial charge < -0.3 is 19.6 Å². The van der Waals surface area contributed by atoms with Crippen molar-refractivity contribution in [2.45, 2.75) is 96.1 Å². The zero-order valence-corrected chi connectivity index (χ0v) is 23.2. The van der Waals surface area contributed by atoms with Gasteiger partial charge in [-0.1, -0.05) is 47.6 Å². The first kappa shape index (κ1) is 26.7. The van der Waals surface area contributed by atoms with Crippen LogP contribution in [0.2, 0.25) is 16.6 Å². The van der Waals surface area contributed by atoms with E-state index in [2.05, 4.69) is 46.5 Å². The lowest BCUT2D eigenvalue weighted by Crippen LogP contribution is -2.50. The number of nitrogens with zero attached hydrogens (tertiary/aromatic N) is 3. The lowest BCUT2D eigenvalue weighted by molar-refractivity contribution is -0.133. The smallest absolute Gasteiger partial charge is 0.229 e. The number of nitrogens with two attached hydrogens (primary N) is 1. The van der Waals surface area contributed by atoms with E-state index in [1.807, 2.05) is 25.2 Å². The summed E-state index contributed by atoms with van der Waals surface area (Å²) in [6.07, 6.45) is 1.81. The van der Waals surface area contributed by atoms with Crippen LogP contribution < -0.4 is 5.73 Å². The molecule has 1 amide bonds. The van der Waals surface area contributed by atoms with Gasteiger partial charge in [0.25, 0.3) is 0 Å². The normalized spacial score (nSPS) is 19.6. The van der Waals surface area contributed by atoms with Crippen molar-refractivity contribution in [3.8, 4) is 0 Å². The number of halogens is 1. The Morgan fingerprint density at radius 3 is 2.41 bits per heavy atom. The second-order valence-corrected chi connectivity index (χ2v) is 16.7. The summed E-state index contributed by atoms with van der Waals surface area (Å²) in [6.45, 7) is 15.7. The molecule has 3 rings (SSSR count). The van der Waals surface area contributed by atoms with Gasteiger partial charge in [0.1, 0.15) is 5.67 Å². The van der Waals surface area contributed by atoms with Crippen LogP contribution in [0, 0.1) is 0 Å². The molecule has 1 saturated heterocycles. The highest BCUT2D eigenvalue weighted by atomic mass is 28.4. The minimum atomic E-state index is -2.18. The summed E-state index contributed by atoms with van der Waals surface area (Å²) >= 11 is 0. The summed E-state index contributed by atoms with van der Waals surface area (Å²) in [7, 11) is -0.330. The summed E-state index contributed by atoms with van der Waals surface area (Å²) in [5, 5.41) is 0. The Hall–Kier alpha value is -1.93. The Morgan fingerprint density at radius 1 is 1.21 bits per heavy atom. The Balaban J connectivity index is 1.83. The van der Waals surface area contributed by atoms with Crippen LogP contribution in [0.5, 0.6) is 0 Å². The van der Waals surface area contributed by atoms with Crippen LogP contribution in [0.3, 0.4) is 0 Å². The zero-order valence-electron chi connectivity index (χ0n) is 22.2. The molecule has 0 saturated carbocycles. The molecule has 190 valence electrons. The average Bonchev–Trinajstić information content (AvgIpc) is 3.03. The molecule has 2 N–H and O–H groups in total. The van der Waals surface area contributed by atoms with Crippen LogP contribution in [-0.4, -0.2) is 54.5 Å². The lowest BCUT2D eigenvalue weighted by Gasteiger charge is -2.43. The van der Waals surface area contributed by atoms with E-state index in [-0.39, 0.29) is 30.9 Å². The summed E-state index contributed by atoms with van der Waals surface area (Å²) in [6, 6.07) is 5.81. The van der Waals surface area contributed by atoms with Gasteiger partial charge in [-0.25, -0.2) is 9.37 Å². The number of piperidine rings is 1. The number of carbonyl (C=O) groups is 1.